The molecule has 4 rings (SSSR count). The van der Waals surface area contributed by atoms with Crippen LogP contribution >= 0.6 is 0 Å². The molecule has 29 heavy (non-hydrogen) atoms. The Morgan fingerprint density at radius 2 is 2.10 bits per heavy atom. The predicted octanol–water partition coefficient (Wildman–Crippen LogP) is 2.67. The fraction of sp³-hybridized carbons (Fsp3) is 0.429. The van der Waals surface area contributed by atoms with Gasteiger partial charge in [0.2, 0.25) is 5.91 Å². The first-order chi connectivity index (χ1) is 14.0. The van der Waals surface area contributed by atoms with E-state index in [1.54, 1.807) is 30.2 Å². The second-order valence-corrected chi connectivity index (χ2v) is 7.46. The van der Waals surface area contributed by atoms with Gasteiger partial charge in [0.1, 0.15) is 11.6 Å². The van der Waals surface area contributed by atoms with Gasteiger partial charge in [-0.25, -0.2) is 14.4 Å². The maximum atomic E-state index is 13.8. The van der Waals surface area contributed by atoms with Gasteiger partial charge in [0.25, 0.3) is 5.91 Å². The molecule has 2 aromatic rings. The van der Waals surface area contributed by atoms with E-state index >= 15 is 0 Å². The number of nitrogens with zero attached hydrogens (tertiary/aromatic N) is 3. The van der Waals surface area contributed by atoms with Crippen LogP contribution in [0.15, 0.2) is 30.5 Å². The lowest BCUT2D eigenvalue weighted by atomic mass is 10.1. The van der Waals surface area contributed by atoms with Crippen molar-refractivity contribution in [3.63, 3.8) is 0 Å². The minimum Gasteiger partial charge on any atom is -0.377 e. The van der Waals surface area contributed by atoms with E-state index in [1.807, 2.05) is 0 Å². The average Bonchev–Trinajstić information content (AvgIpc) is 3.55. The Morgan fingerprint density at radius 1 is 1.31 bits per heavy atom. The minimum atomic E-state index is -0.503. The normalized spacial score (nSPS) is 19.1. The lowest BCUT2D eigenvalue weighted by Gasteiger charge is -2.35. The van der Waals surface area contributed by atoms with E-state index in [9.17, 15) is 14.0 Å². The van der Waals surface area contributed by atoms with Gasteiger partial charge in [-0.2, -0.15) is 0 Å². The molecule has 2 aliphatic rings. The van der Waals surface area contributed by atoms with Gasteiger partial charge in [-0.1, -0.05) is 12.1 Å². The number of aromatic nitrogens is 2. The first-order valence-electron chi connectivity index (χ1n) is 9.79. The first-order valence-corrected chi connectivity index (χ1v) is 9.79. The molecule has 2 heterocycles. The van der Waals surface area contributed by atoms with Crippen LogP contribution in [0, 0.1) is 12.7 Å². The molecule has 1 aromatic carbocycles. The van der Waals surface area contributed by atoms with Crippen molar-refractivity contribution in [3.05, 3.63) is 53.4 Å². The summed E-state index contributed by atoms with van der Waals surface area (Å²) in [5.74, 6) is 0.118. The van der Waals surface area contributed by atoms with Crippen molar-refractivity contribution in [1.82, 2.24) is 14.9 Å². The molecule has 2 fully saturated rings. The van der Waals surface area contributed by atoms with Crippen LogP contribution in [0.3, 0.4) is 0 Å². The number of carbonyl (C=O) groups excluding carboxylic acids is 2. The molecule has 0 bridgehead atoms. The van der Waals surface area contributed by atoms with Crippen molar-refractivity contribution >= 4 is 17.5 Å². The fourth-order valence-corrected chi connectivity index (χ4v) is 3.46. The van der Waals surface area contributed by atoms with E-state index in [-0.39, 0.29) is 30.5 Å². The molecule has 1 aromatic heterocycles. The smallest absolute Gasteiger partial charge is 0.257 e. The highest BCUT2D eigenvalue weighted by atomic mass is 19.1. The minimum absolute atomic E-state index is 0.0140. The molecule has 0 spiro atoms. The zero-order chi connectivity index (χ0) is 20.4. The number of anilines is 1. The van der Waals surface area contributed by atoms with Crippen LogP contribution in [-0.2, 0) is 9.53 Å². The van der Waals surface area contributed by atoms with E-state index in [4.69, 9.17) is 4.74 Å². The molecule has 7 nitrogen and oxygen atoms in total. The van der Waals surface area contributed by atoms with E-state index < -0.39 is 11.9 Å². The Hall–Kier alpha value is -2.87. The SMILES string of the molecule is Cc1nc(C2CC2)ncc1C(=O)N1CCOC[C@H]1CC(=O)Nc1ccccc1F. The van der Waals surface area contributed by atoms with Gasteiger partial charge in [-0.15, -0.1) is 0 Å². The van der Waals surface area contributed by atoms with Gasteiger partial charge in [-0.05, 0) is 31.9 Å². The van der Waals surface area contributed by atoms with Crippen molar-refractivity contribution in [3.8, 4) is 0 Å². The van der Waals surface area contributed by atoms with E-state index in [0.29, 0.717) is 30.3 Å². The summed E-state index contributed by atoms with van der Waals surface area (Å²) in [4.78, 5) is 36.0. The second-order valence-electron chi connectivity index (χ2n) is 7.46. The first kappa shape index (κ1) is 19.4. The highest BCUT2D eigenvalue weighted by Gasteiger charge is 2.32. The maximum absolute atomic E-state index is 13.8. The number of nitrogens with one attached hydrogen (secondary N) is 1. The highest BCUT2D eigenvalue weighted by molar-refractivity contribution is 5.96. The van der Waals surface area contributed by atoms with Crippen molar-refractivity contribution in [2.45, 2.75) is 38.1 Å². The number of hydrogen-bond donors (Lipinski definition) is 1. The molecular formula is C21H23FN4O3. The largest absolute Gasteiger partial charge is 0.377 e. The van der Waals surface area contributed by atoms with Crippen molar-refractivity contribution < 1.29 is 18.7 Å². The average molecular weight is 398 g/mol. The highest BCUT2D eigenvalue weighted by Crippen LogP contribution is 2.38. The molecule has 1 atom stereocenters. The molecule has 1 saturated carbocycles. The summed E-state index contributed by atoms with van der Waals surface area (Å²) in [5, 5.41) is 2.56. The quantitative estimate of drug-likeness (QED) is 0.837. The van der Waals surface area contributed by atoms with Crippen molar-refractivity contribution in [2.75, 3.05) is 25.1 Å². The van der Waals surface area contributed by atoms with Gasteiger partial charge in [0.05, 0.1) is 36.2 Å². The molecule has 0 radical (unpaired) electrons. The molecular weight excluding hydrogens is 375 g/mol. The monoisotopic (exact) mass is 398 g/mol. The van der Waals surface area contributed by atoms with Crippen molar-refractivity contribution in [2.24, 2.45) is 0 Å². The Bertz CT molecular complexity index is 932. The molecule has 152 valence electrons. The summed E-state index contributed by atoms with van der Waals surface area (Å²) in [6, 6.07) is 5.54. The Kier molecular flexibility index (Phi) is 5.53. The van der Waals surface area contributed by atoms with Gasteiger partial charge in [0.15, 0.2) is 0 Å². The van der Waals surface area contributed by atoms with Crippen LogP contribution in [-0.4, -0.2) is 52.5 Å². The summed E-state index contributed by atoms with van der Waals surface area (Å²) < 4.78 is 19.3. The van der Waals surface area contributed by atoms with Crippen LogP contribution in [0.2, 0.25) is 0 Å². The number of rotatable bonds is 5. The number of aryl methyl sites for hydroxylation is 1. The second kappa shape index (κ2) is 8.24. The number of morpholine rings is 1. The molecule has 2 amide bonds. The van der Waals surface area contributed by atoms with E-state index in [0.717, 1.165) is 18.7 Å². The van der Waals surface area contributed by atoms with Crippen LogP contribution in [0.5, 0.6) is 0 Å². The molecule has 8 heteroatoms. The van der Waals surface area contributed by atoms with Crippen LogP contribution in [0.1, 0.15) is 47.1 Å². The lowest BCUT2D eigenvalue weighted by Crippen LogP contribution is -2.50. The Labute approximate surface area is 168 Å². The maximum Gasteiger partial charge on any atom is 0.257 e. The van der Waals surface area contributed by atoms with Crippen LogP contribution < -0.4 is 5.32 Å². The summed E-state index contributed by atoms with van der Waals surface area (Å²) in [5.41, 5.74) is 1.20. The molecule has 1 aliphatic heterocycles. The van der Waals surface area contributed by atoms with E-state index in [2.05, 4.69) is 15.3 Å². The third-order valence-electron chi connectivity index (χ3n) is 5.23. The Morgan fingerprint density at radius 3 is 2.83 bits per heavy atom. The number of halogens is 1. The van der Waals surface area contributed by atoms with Gasteiger partial charge in [-0.3, -0.25) is 9.59 Å². The number of carbonyl (C=O) groups is 2. The summed E-state index contributed by atoms with van der Waals surface area (Å²) >= 11 is 0. The number of para-hydroxylation sites is 1. The predicted molar refractivity (Wildman–Crippen MR) is 104 cm³/mol. The number of benzene rings is 1. The Balaban J connectivity index is 1.46. The topological polar surface area (TPSA) is 84.4 Å². The summed E-state index contributed by atoms with van der Waals surface area (Å²) in [6.45, 7) is 2.83. The fourth-order valence-electron chi connectivity index (χ4n) is 3.46. The standard InChI is InChI=1S/C21H23FN4O3/c1-13-16(11-23-20(24-13)14-6-7-14)21(28)26-8-9-29-12-15(26)10-19(27)25-18-5-3-2-4-17(18)22/h2-5,11,14-15H,6-10,12H2,1H3,(H,25,27)/t15-/m1/s1. The van der Waals surface area contributed by atoms with Crippen LogP contribution in [0.25, 0.3) is 0 Å². The van der Waals surface area contributed by atoms with Gasteiger partial charge >= 0.3 is 0 Å². The number of amides is 2. The van der Waals surface area contributed by atoms with E-state index in [1.165, 1.54) is 12.1 Å². The molecule has 0 unspecified atom stereocenters. The lowest BCUT2D eigenvalue weighted by molar-refractivity contribution is -0.118. The van der Waals surface area contributed by atoms with Crippen molar-refractivity contribution in [1.29, 1.82) is 0 Å². The zero-order valence-corrected chi connectivity index (χ0v) is 16.2. The molecule has 1 saturated heterocycles. The summed E-state index contributed by atoms with van der Waals surface area (Å²) in [6.07, 6.45) is 3.79. The third-order valence-corrected chi connectivity index (χ3v) is 5.23. The van der Waals surface area contributed by atoms with Crippen LogP contribution in [0.4, 0.5) is 10.1 Å². The zero-order valence-electron chi connectivity index (χ0n) is 16.2. The number of hydrogen-bond acceptors (Lipinski definition) is 5. The third kappa shape index (κ3) is 4.42. The number of ether oxygens (including phenoxy) is 1. The molecule has 1 aliphatic carbocycles. The van der Waals surface area contributed by atoms with Gasteiger partial charge in [0, 0.05) is 25.1 Å². The summed E-state index contributed by atoms with van der Waals surface area (Å²) in [7, 11) is 0. The molecule has 1 N–H and O–H groups in total. The van der Waals surface area contributed by atoms with Gasteiger partial charge < -0.3 is 15.0 Å².